The van der Waals surface area contributed by atoms with Crippen LogP contribution in [0, 0.1) is 0 Å². The van der Waals surface area contributed by atoms with E-state index < -0.39 is 0 Å². The molecule has 0 saturated carbocycles. The number of methoxy groups -OCH3 is 1. The van der Waals surface area contributed by atoms with Crippen LogP contribution in [0.25, 0.3) is 11.4 Å². The topological polar surface area (TPSA) is 71.1 Å². The number of hydrogen-bond donors (Lipinski definition) is 1. The van der Waals surface area contributed by atoms with Gasteiger partial charge in [0, 0.05) is 17.6 Å². The minimum Gasteiger partial charge on any atom is -0.497 e. The summed E-state index contributed by atoms with van der Waals surface area (Å²) < 4.78 is 5.16. The molecule has 0 aliphatic carbocycles. The third-order valence-electron chi connectivity index (χ3n) is 3.83. The van der Waals surface area contributed by atoms with Crippen LogP contribution in [0.2, 0.25) is 0 Å². The quantitative estimate of drug-likeness (QED) is 0.762. The van der Waals surface area contributed by atoms with E-state index in [0.717, 1.165) is 11.3 Å². The van der Waals surface area contributed by atoms with Crippen LogP contribution in [0.5, 0.6) is 5.75 Å². The summed E-state index contributed by atoms with van der Waals surface area (Å²) in [6.07, 6.45) is 0. The van der Waals surface area contributed by atoms with Crippen molar-refractivity contribution >= 4 is 17.7 Å². The maximum atomic E-state index is 12.7. The van der Waals surface area contributed by atoms with Crippen molar-refractivity contribution in [2.45, 2.75) is 57.1 Å². The molecule has 2 aromatic rings. The van der Waals surface area contributed by atoms with E-state index in [1.54, 1.807) is 7.11 Å². The highest BCUT2D eigenvalue weighted by Gasteiger charge is 2.26. The van der Waals surface area contributed by atoms with Crippen LogP contribution in [-0.2, 0) is 4.79 Å². The molecule has 1 N–H and O–H groups in total. The summed E-state index contributed by atoms with van der Waals surface area (Å²) in [7, 11) is 1.63. The summed E-state index contributed by atoms with van der Waals surface area (Å²) in [5.41, 5.74) is 0.921. The Hall–Kier alpha value is -2.02. The molecule has 0 unspecified atom stereocenters. The number of nitrogens with one attached hydrogen (secondary N) is 1. The van der Waals surface area contributed by atoms with Crippen LogP contribution in [-0.4, -0.2) is 50.4 Å². The summed E-state index contributed by atoms with van der Waals surface area (Å²) in [5.74, 6) is 1.57. The predicted octanol–water partition coefficient (Wildman–Crippen LogP) is 3.61. The molecule has 1 heterocycles. The summed E-state index contributed by atoms with van der Waals surface area (Å²) in [4.78, 5) is 19.1. The fraction of sp³-hybridized carbons (Fsp3) is 0.500. The average Bonchev–Trinajstić information content (AvgIpc) is 3.02. The Labute approximate surface area is 153 Å². The molecule has 1 aromatic carbocycles. The van der Waals surface area contributed by atoms with Crippen LogP contribution in [0.3, 0.4) is 0 Å². The van der Waals surface area contributed by atoms with Gasteiger partial charge in [-0.15, -0.1) is 5.10 Å². The van der Waals surface area contributed by atoms with Crippen molar-refractivity contribution in [2.75, 3.05) is 7.11 Å². The van der Waals surface area contributed by atoms with Gasteiger partial charge in [-0.3, -0.25) is 9.89 Å². The van der Waals surface area contributed by atoms with E-state index in [1.165, 1.54) is 11.8 Å². The van der Waals surface area contributed by atoms with E-state index in [2.05, 4.69) is 15.2 Å². The maximum absolute atomic E-state index is 12.7. The third kappa shape index (κ3) is 4.75. The Morgan fingerprint density at radius 3 is 2.24 bits per heavy atom. The van der Waals surface area contributed by atoms with Gasteiger partial charge in [-0.2, -0.15) is 0 Å². The Kier molecular flexibility index (Phi) is 6.47. The molecule has 0 aliphatic rings. The van der Waals surface area contributed by atoms with Crippen molar-refractivity contribution in [3.63, 3.8) is 0 Å². The Morgan fingerprint density at radius 1 is 1.12 bits per heavy atom. The van der Waals surface area contributed by atoms with Gasteiger partial charge < -0.3 is 9.64 Å². The number of amides is 1. The first kappa shape index (κ1) is 19.3. The summed E-state index contributed by atoms with van der Waals surface area (Å²) >= 11 is 1.37. The SMILES string of the molecule is COc1ccc(-c2nc(S[C@@H](C)C(=O)N(C(C)C)C(C)C)n[nH]2)cc1. The number of aromatic amines is 1. The molecule has 6 nitrogen and oxygen atoms in total. The first-order valence-corrected chi connectivity index (χ1v) is 9.27. The number of thioether (sulfide) groups is 1. The molecule has 0 fully saturated rings. The molecule has 1 atom stereocenters. The number of H-pyrrole nitrogens is 1. The Balaban J connectivity index is 2.08. The molecule has 2 rings (SSSR count). The second kappa shape index (κ2) is 8.38. The fourth-order valence-electron chi connectivity index (χ4n) is 2.70. The second-order valence-electron chi connectivity index (χ2n) is 6.39. The van der Waals surface area contributed by atoms with Crippen LogP contribution < -0.4 is 4.74 Å². The van der Waals surface area contributed by atoms with Crippen LogP contribution >= 0.6 is 11.8 Å². The highest BCUT2D eigenvalue weighted by Crippen LogP contribution is 2.25. The minimum atomic E-state index is -0.246. The summed E-state index contributed by atoms with van der Waals surface area (Å²) in [5, 5.41) is 7.48. The smallest absolute Gasteiger partial charge is 0.236 e. The van der Waals surface area contributed by atoms with Gasteiger partial charge in [-0.25, -0.2) is 4.98 Å². The lowest BCUT2D eigenvalue weighted by molar-refractivity contribution is -0.133. The van der Waals surface area contributed by atoms with Crippen molar-refractivity contribution in [2.24, 2.45) is 0 Å². The van der Waals surface area contributed by atoms with E-state index in [4.69, 9.17) is 4.74 Å². The van der Waals surface area contributed by atoms with Gasteiger partial charge in [0.15, 0.2) is 5.82 Å². The van der Waals surface area contributed by atoms with E-state index in [1.807, 2.05) is 63.8 Å². The number of carbonyl (C=O) groups is 1. The van der Waals surface area contributed by atoms with E-state index in [-0.39, 0.29) is 23.2 Å². The van der Waals surface area contributed by atoms with Crippen molar-refractivity contribution < 1.29 is 9.53 Å². The number of rotatable bonds is 7. The van der Waals surface area contributed by atoms with Gasteiger partial charge in [0.25, 0.3) is 0 Å². The zero-order valence-corrected chi connectivity index (χ0v) is 16.4. The second-order valence-corrected chi connectivity index (χ2v) is 7.70. The summed E-state index contributed by atoms with van der Waals surface area (Å²) in [6.45, 7) is 10.0. The molecule has 25 heavy (non-hydrogen) atoms. The molecular formula is C18H26N4O2S. The number of benzene rings is 1. The van der Waals surface area contributed by atoms with Gasteiger partial charge in [-0.1, -0.05) is 11.8 Å². The largest absolute Gasteiger partial charge is 0.497 e. The Bertz CT molecular complexity index is 689. The molecule has 7 heteroatoms. The normalized spacial score (nSPS) is 12.5. The minimum absolute atomic E-state index is 0.103. The number of nitrogens with zero attached hydrogens (tertiary/aromatic N) is 3. The number of carbonyl (C=O) groups excluding carboxylic acids is 1. The molecule has 0 spiro atoms. The highest BCUT2D eigenvalue weighted by molar-refractivity contribution is 8.00. The maximum Gasteiger partial charge on any atom is 0.236 e. The average molecular weight is 362 g/mol. The zero-order chi connectivity index (χ0) is 18.6. The first-order chi connectivity index (χ1) is 11.8. The van der Waals surface area contributed by atoms with Crippen molar-refractivity contribution in [1.29, 1.82) is 0 Å². The lowest BCUT2D eigenvalue weighted by Crippen LogP contribution is -2.45. The first-order valence-electron chi connectivity index (χ1n) is 8.39. The molecule has 0 aliphatic heterocycles. The predicted molar refractivity (Wildman–Crippen MR) is 101 cm³/mol. The van der Waals surface area contributed by atoms with E-state index in [0.29, 0.717) is 11.0 Å². The van der Waals surface area contributed by atoms with Crippen LogP contribution in [0.15, 0.2) is 29.4 Å². The number of ether oxygens (including phenoxy) is 1. The lowest BCUT2D eigenvalue weighted by Gasteiger charge is -2.32. The molecule has 1 aromatic heterocycles. The van der Waals surface area contributed by atoms with Crippen molar-refractivity contribution in [3.8, 4) is 17.1 Å². The zero-order valence-electron chi connectivity index (χ0n) is 15.6. The third-order valence-corrected chi connectivity index (χ3v) is 4.77. The van der Waals surface area contributed by atoms with Crippen molar-refractivity contribution in [1.82, 2.24) is 20.1 Å². The van der Waals surface area contributed by atoms with Gasteiger partial charge >= 0.3 is 0 Å². The molecule has 0 saturated heterocycles. The van der Waals surface area contributed by atoms with Crippen LogP contribution in [0.1, 0.15) is 34.6 Å². The standard InChI is InChI=1S/C18H26N4O2S/c1-11(2)22(12(3)4)17(23)13(5)25-18-19-16(20-21-18)14-7-9-15(24-6)10-8-14/h7-13H,1-6H3,(H,19,20,21)/t13-/m0/s1. The highest BCUT2D eigenvalue weighted by atomic mass is 32.2. The van der Waals surface area contributed by atoms with Crippen LogP contribution in [0.4, 0.5) is 0 Å². The molecule has 136 valence electrons. The van der Waals surface area contributed by atoms with Gasteiger partial charge in [0.1, 0.15) is 5.75 Å². The van der Waals surface area contributed by atoms with Gasteiger partial charge in [0.2, 0.25) is 11.1 Å². The van der Waals surface area contributed by atoms with Crippen molar-refractivity contribution in [3.05, 3.63) is 24.3 Å². The summed E-state index contributed by atoms with van der Waals surface area (Å²) in [6, 6.07) is 7.92. The Morgan fingerprint density at radius 2 is 1.72 bits per heavy atom. The van der Waals surface area contributed by atoms with Gasteiger partial charge in [0.05, 0.1) is 12.4 Å². The lowest BCUT2D eigenvalue weighted by atomic mass is 10.2. The number of hydrogen-bond acceptors (Lipinski definition) is 5. The molecule has 0 radical (unpaired) electrons. The fourth-order valence-corrected chi connectivity index (χ4v) is 3.48. The number of aromatic nitrogens is 3. The molecule has 0 bridgehead atoms. The van der Waals surface area contributed by atoms with E-state index in [9.17, 15) is 4.79 Å². The van der Waals surface area contributed by atoms with E-state index >= 15 is 0 Å². The monoisotopic (exact) mass is 362 g/mol. The molecular weight excluding hydrogens is 336 g/mol. The van der Waals surface area contributed by atoms with Gasteiger partial charge in [-0.05, 0) is 58.9 Å². The molecule has 1 amide bonds.